The van der Waals surface area contributed by atoms with Gasteiger partial charge in [0.2, 0.25) is 10.0 Å². The topological polar surface area (TPSA) is 66.9 Å². The largest absolute Gasteiger partial charge is 0.495 e. The standard InChI is InChI=1S/C24H29FN2O4S/c1-17-6-3-4-15-27(17)32(29,30)23-16-19(10-13-22(23)31-2)24(28)26-14-5-7-21(26)18-8-11-20(25)12-9-18/h8-13,16-17,21H,3-7,14-15H2,1-2H3/t17-,21+/m0/s1. The molecule has 0 saturated carbocycles. The molecule has 2 fully saturated rings. The molecular weight excluding hydrogens is 431 g/mol. The SMILES string of the molecule is COc1ccc(C(=O)N2CCC[C@@H]2c2ccc(F)cc2)cc1S(=O)(=O)N1CCCC[C@@H]1C. The van der Waals surface area contributed by atoms with Crippen LogP contribution < -0.4 is 4.74 Å². The smallest absolute Gasteiger partial charge is 0.254 e. The Morgan fingerprint density at radius 1 is 1.03 bits per heavy atom. The number of benzene rings is 2. The third kappa shape index (κ3) is 4.26. The van der Waals surface area contributed by atoms with E-state index in [2.05, 4.69) is 0 Å². The molecule has 4 rings (SSSR count). The molecule has 0 aromatic heterocycles. The molecule has 2 atom stereocenters. The maximum Gasteiger partial charge on any atom is 0.254 e. The van der Waals surface area contributed by atoms with E-state index in [-0.39, 0.29) is 34.5 Å². The highest BCUT2D eigenvalue weighted by atomic mass is 32.2. The zero-order chi connectivity index (χ0) is 22.9. The van der Waals surface area contributed by atoms with E-state index in [0.717, 1.165) is 37.7 Å². The maximum atomic E-state index is 13.5. The summed E-state index contributed by atoms with van der Waals surface area (Å²) in [5.74, 6) is -0.319. The molecule has 1 amide bonds. The average molecular weight is 461 g/mol. The highest BCUT2D eigenvalue weighted by Crippen LogP contribution is 2.35. The Labute approximate surface area is 189 Å². The van der Waals surface area contributed by atoms with Crippen molar-refractivity contribution in [2.24, 2.45) is 0 Å². The van der Waals surface area contributed by atoms with Crippen LogP contribution in [0.5, 0.6) is 5.75 Å². The first-order valence-corrected chi connectivity index (χ1v) is 12.5. The van der Waals surface area contributed by atoms with Crippen molar-refractivity contribution in [3.8, 4) is 5.75 Å². The lowest BCUT2D eigenvalue weighted by Crippen LogP contribution is -2.42. The van der Waals surface area contributed by atoms with Crippen molar-refractivity contribution >= 4 is 15.9 Å². The summed E-state index contributed by atoms with van der Waals surface area (Å²) in [7, 11) is -2.38. The number of rotatable bonds is 5. The van der Waals surface area contributed by atoms with Crippen molar-refractivity contribution < 1.29 is 22.3 Å². The highest BCUT2D eigenvalue weighted by molar-refractivity contribution is 7.89. The van der Waals surface area contributed by atoms with Crippen molar-refractivity contribution in [1.82, 2.24) is 9.21 Å². The second kappa shape index (κ2) is 9.19. The van der Waals surface area contributed by atoms with Gasteiger partial charge in [-0.2, -0.15) is 4.31 Å². The van der Waals surface area contributed by atoms with E-state index in [9.17, 15) is 17.6 Å². The maximum absolute atomic E-state index is 13.5. The molecule has 6 nitrogen and oxygen atoms in total. The van der Waals surface area contributed by atoms with Crippen LogP contribution in [0.4, 0.5) is 4.39 Å². The van der Waals surface area contributed by atoms with Crippen LogP contribution in [0.25, 0.3) is 0 Å². The fourth-order valence-corrected chi connectivity index (χ4v) is 6.66. The van der Waals surface area contributed by atoms with Crippen LogP contribution in [-0.2, 0) is 10.0 Å². The lowest BCUT2D eigenvalue weighted by Gasteiger charge is -2.32. The number of hydrogen-bond donors (Lipinski definition) is 0. The van der Waals surface area contributed by atoms with Crippen molar-refractivity contribution in [2.45, 2.75) is 56.0 Å². The molecule has 172 valence electrons. The van der Waals surface area contributed by atoms with Crippen LogP contribution in [-0.4, -0.2) is 49.8 Å². The molecule has 2 heterocycles. The molecule has 0 radical (unpaired) electrons. The molecule has 2 aromatic carbocycles. The summed E-state index contributed by atoms with van der Waals surface area (Å²) < 4.78 is 47.2. The number of nitrogens with zero attached hydrogens (tertiary/aromatic N) is 2. The number of halogens is 1. The molecule has 2 aromatic rings. The molecule has 2 saturated heterocycles. The first kappa shape index (κ1) is 22.7. The molecule has 0 spiro atoms. The third-order valence-corrected chi connectivity index (χ3v) is 8.54. The first-order valence-electron chi connectivity index (χ1n) is 11.1. The van der Waals surface area contributed by atoms with Gasteiger partial charge in [-0.3, -0.25) is 4.79 Å². The number of carbonyl (C=O) groups is 1. The van der Waals surface area contributed by atoms with Crippen LogP contribution in [0, 0.1) is 5.82 Å². The fraction of sp³-hybridized carbons (Fsp3) is 0.458. The van der Waals surface area contributed by atoms with Gasteiger partial charge < -0.3 is 9.64 Å². The number of hydrogen-bond acceptors (Lipinski definition) is 4. The Morgan fingerprint density at radius 2 is 1.78 bits per heavy atom. The average Bonchev–Trinajstić information content (AvgIpc) is 3.28. The van der Waals surface area contributed by atoms with Crippen molar-refractivity contribution in [3.05, 3.63) is 59.4 Å². The number of likely N-dealkylation sites (tertiary alicyclic amines) is 1. The van der Waals surface area contributed by atoms with Crippen molar-refractivity contribution in [2.75, 3.05) is 20.2 Å². The quantitative estimate of drug-likeness (QED) is 0.664. The summed E-state index contributed by atoms with van der Waals surface area (Å²) in [6.07, 6.45) is 4.25. The molecule has 2 aliphatic rings. The van der Waals surface area contributed by atoms with Gasteiger partial charge in [0, 0.05) is 24.7 Å². The second-order valence-electron chi connectivity index (χ2n) is 8.53. The zero-order valence-corrected chi connectivity index (χ0v) is 19.3. The molecule has 32 heavy (non-hydrogen) atoms. The van der Waals surface area contributed by atoms with E-state index in [0.29, 0.717) is 18.7 Å². The van der Waals surface area contributed by atoms with E-state index in [1.165, 1.54) is 29.6 Å². The monoisotopic (exact) mass is 460 g/mol. The number of amides is 1. The number of piperidine rings is 1. The normalized spacial score (nSPS) is 22.2. The molecule has 0 N–H and O–H groups in total. The van der Waals surface area contributed by atoms with E-state index < -0.39 is 10.0 Å². The summed E-state index contributed by atoms with van der Waals surface area (Å²) in [4.78, 5) is 15.2. The molecule has 2 aliphatic heterocycles. The first-order chi connectivity index (χ1) is 15.3. The van der Waals surface area contributed by atoms with Gasteiger partial charge in [0.1, 0.15) is 16.5 Å². The van der Waals surface area contributed by atoms with Crippen LogP contribution in [0.3, 0.4) is 0 Å². The number of carbonyl (C=O) groups excluding carboxylic acids is 1. The summed E-state index contributed by atoms with van der Waals surface area (Å²) in [5, 5.41) is 0. The van der Waals surface area contributed by atoms with Gasteiger partial charge in [-0.05, 0) is 68.5 Å². The van der Waals surface area contributed by atoms with Gasteiger partial charge in [0.05, 0.1) is 13.2 Å². The molecule has 0 bridgehead atoms. The summed E-state index contributed by atoms with van der Waals surface area (Å²) in [6.45, 7) is 2.94. The fourth-order valence-electron chi connectivity index (χ4n) is 4.77. The molecule has 0 aliphatic carbocycles. The zero-order valence-electron chi connectivity index (χ0n) is 18.5. The van der Waals surface area contributed by atoms with E-state index in [1.54, 1.807) is 29.2 Å². The Morgan fingerprint density at radius 3 is 2.47 bits per heavy atom. The van der Waals surface area contributed by atoms with Gasteiger partial charge >= 0.3 is 0 Å². The second-order valence-corrected chi connectivity index (χ2v) is 10.4. The predicted molar refractivity (Wildman–Crippen MR) is 120 cm³/mol. The van der Waals surface area contributed by atoms with E-state index >= 15 is 0 Å². The van der Waals surface area contributed by atoms with Crippen LogP contribution in [0.2, 0.25) is 0 Å². The Bertz CT molecular complexity index is 1090. The van der Waals surface area contributed by atoms with E-state index in [1.807, 2.05) is 6.92 Å². The lowest BCUT2D eigenvalue weighted by molar-refractivity contribution is 0.0735. The molecule has 8 heteroatoms. The molecular formula is C24H29FN2O4S. The molecule has 0 unspecified atom stereocenters. The summed E-state index contributed by atoms with van der Waals surface area (Å²) >= 11 is 0. The predicted octanol–water partition coefficient (Wildman–Crippen LogP) is 4.37. The van der Waals surface area contributed by atoms with Gasteiger partial charge in [0.25, 0.3) is 5.91 Å². The van der Waals surface area contributed by atoms with Gasteiger partial charge in [-0.15, -0.1) is 0 Å². The number of sulfonamides is 1. The van der Waals surface area contributed by atoms with Crippen LogP contribution in [0.1, 0.15) is 61.0 Å². The minimum Gasteiger partial charge on any atom is -0.495 e. The van der Waals surface area contributed by atoms with Gasteiger partial charge in [-0.25, -0.2) is 12.8 Å². The number of methoxy groups -OCH3 is 1. The van der Waals surface area contributed by atoms with E-state index in [4.69, 9.17) is 4.74 Å². The summed E-state index contributed by atoms with van der Waals surface area (Å²) in [5.41, 5.74) is 1.18. The minimum absolute atomic E-state index is 0.0251. The summed E-state index contributed by atoms with van der Waals surface area (Å²) in [6, 6.07) is 10.5. The van der Waals surface area contributed by atoms with Crippen LogP contribution in [0.15, 0.2) is 47.4 Å². The Kier molecular flexibility index (Phi) is 6.53. The van der Waals surface area contributed by atoms with Crippen molar-refractivity contribution in [1.29, 1.82) is 0 Å². The highest BCUT2D eigenvalue weighted by Gasteiger charge is 2.35. The Balaban J connectivity index is 1.67. The van der Waals surface area contributed by atoms with Crippen molar-refractivity contribution in [3.63, 3.8) is 0 Å². The van der Waals surface area contributed by atoms with Gasteiger partial charge in [-0.1, -0.05) is 18.6 Å². The van der Waals surface area contributed by atoms with Crippen LogP contribution >= 0.6 is 0 Å². The van der Waals surface area contributed by atoms with Gasteiger partial charge in [0.15, 0.2) is 0 Å². The lowest BCUT2D eigenvalue weighted by atomic mass is 10.0. The Hall–Kier alpha value is -2.45. The number of ether oxygens (including phenoxy) is 1. The third-order valence-electron chi connectivity index (χ3n) is 6.51. The minimum atomic E-state index is -3.81.